The van der Waals surface area contributed by atoms with Crippen LogP contribution in [0.4, 0.5) is 10.5 Å². The van der Waals surface area contributed by atoms with Gasteiger partial charge in [-0.05, 0) is 53.4 Å². The van der Waals surface area contributed by atoms with Gasteiger partial charge in [0.1, 0.15) is 5.75 Å². The molecule has 0 aliphatic rings. The summed E-state index contributed by atoms with van der Waals surface area (Å²) in [5.41, 5.74) is 0.673. The van der Waals surface area contributed by atoms with Gasteiger partial charge in [0.15, 0.2) is 0 Å². The largest absolute Gasteiger partial charge is 0.497 e. The van der Waals surface area contributed by atoms with E-state index in [0.29, 0.717) is 24.4 Å². The number of aliphatic hydroxyl groups is 1. The van der Waals surface area contributed by atoms with Crippen LogP contribution in [-0.2, 0) is 0 Å². The second-order valence-corrected chi connectivity index (χ2v) is 5.73. The predicted molar refractivity (Wildman–Crippen MR) is 83.2 cm³/mol. The molecule has 0 aromatic heterocycles. The van der Waals surface area contributed by atoms with Crippen molar-refractivity contribution in [2.45, 2.75) is 26.4 Å². The Morgan fingerprint density at radius 1 is 1.45 bits per heavy atom. The molecule has 0 aliphatic carbocycles. The summed E-state index contributed by atoms with van der Waals surface area (Å²) in [6, 6.07) is 5.05. The van der Waals surface area contributed by atoms with E-state index in [0.717, 1.165) is 4.47 Å². The number of ether oxygens (including phenoxy) is 1. The molecule has 0 radical (unpaired) electrons. The predicted octanol–water partition coefficient (Wildman–Crippen LogP) is 2.99. The van der Waals surface area contributed by atoms with Crippen LogP contribution < -0.4 is 15.4 Å². The van der Waals surface area contributed by atoms with Crippen LogP contribution in [0.1, 0.15) is 20.3 Å². The highest BCUT2D eigenvalue weighted by Gasteiger charge is 2.09. The second-order valence-electron chi connectivity index (χ2n) is 4.87. The molecule has 5 nitrogen and oxygen atoms in total. The van der Waals surface area contributed by atoms with Crippen LogP contribution in [0, 0.1) is 5.92 Å². The van der Waals surface area contributed by atoms with Gasteiger partial charge < -0.3 is 20.5 Å². The molecular formula is C14H21BrN2O3. The maximum Gasteiger partial charge on any atom is 0.319 e. The number of aliphatic hydroxyl groups excluding tert-OH is 1. The Bertz CT molecular complexity index is 452. The third-order valence-electron chi connectivity index (χ3n) is 2.78. The maximum atomic E-state index is 11.8. The molecule has 1 rings (SSSR count). The quantitative estimate of drug-likeness (QED) is 0.742. The first kappa shape index (κ1) is 16.8. The Morgan fingerprint density at radius 2 is 2.15 bits per heavy atom. The van der Waals surface area contributed by atoms with Gasteiger partial charge in [-0.3, -0.25) is 0 Å². The standard InChI is InChI=1S/C14H21BrN2O3/c1-9(6-10(2)18)8-16-14(19)17-13-5-4-11(20-3)7-12(13)15/h4-5,7,9-10,18H,6,8H2,1-3H3,(H2,16,17,19)/t9-,10+/m0/s1. The molecule has 0 spiro atoms. The summed E-state index contributed by atoms with van der Waals surface area (Å²) in [5.74, 6) is 0.938. The van der Waals surface area contributed by atoms with Gasteiger partial charge in [0.2, 0.25) is 0 Å². The highest BCUT2D eigenvalue weighted by molar-refractivity contribution is 9.10. The molecule has 6 heteroatoms. The summed E-state index contributed by atoms with van der Waals surface area (Å²) >= 11 is 3.37. The monoisotopic (exact) mass is 344 g/mol. The van der Waals surface area contributed by atoms with E-state index in [2.05, 4.69) is 26.6 Å². The van der Waals surface area contributed by atoms with Crippen molar-refractivity contribution in [1.82, 2.24) is 5.32 Å². The summed E-state index contributed by atoms with van der Waals surface area (Å²) in [7, 11) is 1.59. The van der Waals surface area contributed by atoms with Crippen LogP contribution in [-0.4, -0.2) is 30.9 Å². The summed E-state index contributed by atoms with van der Waals surface area (Å²) in [5, 5.41) is 14.8. The maximum absolute atomic E-state index is 11.8. The van der Waals surface area contributed by atoms with Gasteiger partial charge in [-0.15, -0.1) is 0 Å². The van der Waals surface area contributed by atoms with Gasteiger partial charge in [-0.1, -0.05) is 6.92 Å². The zero-order chi connectivity index (χ0) is 15.1. The number of hydrogen-bond acceptors (Lipinski definition) is 3. The molecule has 20 heavy (non-hydrogen) atoms. The Hall–Kier alpha value is -1.27. The fraction of sp³-hybridized carbons (Fsp3) is 0.500. The minimum atomic E-state index is -0.356. The number of amides is 2. The lowest BCUT2D eigenvalue weighted by Crippen LogP contribution is -2.33. The summed E-state index contributed by atoms with van der Waals surface area (Å²) in [6.07, 6.45) is 0.303. The summed E-state index contributed by atoms with van der Waals surface area (Å²) in [6.45, 7) is 4.24. The van der Waals surface area contributed by atoms with Gasteiger partial charge in [-0.2, -0.15) is 0 Å². The lowest BCUT2D eigenvalue weighted by Gasteiger charge is -2.15. The third-order valence-corrected chi connectivity index (χ3v) is 3.44. The van der Waals surface area contributed by atoms with Gasteiger partial charge in [0.05, 0.1) is 18.9 Å². The van der Waals surface area contributed by atoms with Gasteiger partial charge in [0.25, 0.3) is 0 Å². The van der Waals surface area contributed by atoms with Crippen LogP contribution in [0.15, 0.2) is 22.7 Å². The number of halogens is 1. The van der Waals surface area contributed by atoms with Crippen LogP contribution >= 0.6 is 15.9 Å². The fourth-order valence-corrected chi connectivity index (χ4v) is 2.28. The van der Waals surface area contributed by atoms with Crippen LogP contribution in [0.25, 0.3) is 0 Å². The molecule has 0 heterocycles. The Morgan fingerprint density at radius 3 is 2.70 bits per heavy atom. The van der Waals surface area contributed by atoms with Gasteiger partial charge >= 0.3 is 6.03 Å². The molecule has 3 N–H and O–H groups in total. The lowest BCUT2D eigenvalue weighted by molar-refractivity contribution is 0.163. The first-order valence-corrected chi connectivity index (χ1v) is 7.28. The van der Waals surface area contributed by atoms with Gasteiger partial charge in [0, 0.05) is 11.0 Å². The van der Waals surface area contributed by atoms with Crippen molar-refractivity contribution in [3.8, 4) is 5.75 Å². The topological polar surface area (TPSA) is 70.6 Å². The lowest BCUT2D eigenvalue weighted by atomic mass is 10.1. The SMILES string of the molecule is COc1ccc(NC(=O)NC[C@@H](C)C[C@@H](C)O)c(Br)c1. The number of anilines is 1. The summed E-state index contributed by atoms with van der Waals surface area (Å²) in [4.78, 5) is 11.8. The van der Waals surface area contributed by atoms with Crippen LogP contribution in [0.5, 0.6) is 5.75 Å². The number of rotatable bonds is 6. The molecule has 0 fully saturated rings. The molecule has 0 aliphatic heterocycles. The normalized spacial score (nSPS) is 13.4. The average molecular weight is 345 g/mol. The third kappa shape index (κ3) is 5.79. The summed E-state index contributed by atoms with van der Waals surface area (Å²) < 4.78 is 5.84. The second kappa shape index (κ2) is 8.11. The van der Waals surface area contributed by atoms with Crippen molar-refractivity contribution < 1.29 is 14.6 Å². The zero-order valence-corrected chi connectivity index (χ0v) is 13.5. The van der Waals surface area contributed by atoms with Crippen molar-refractivity contribution in [1.29, 1.82) is 0 Å². The number of hydrogen-bond donors (Lipinski definition) is 3. The van der Waals surface area contributed by atoms with Crippen molar-refractivity contribution in [2.75, 3.05) is 19.0 Å². The molecule has 112 valence electrons. The molecule has 1 aromatic carbocycles. The molecule has 2 atom stereocenters. The van der Waals surface area contributed by atoms with Crippen LogP contribution in [0.2, 0.25) is 0 Å². The van der Waals surface area contributed by atoms with E-state index < -0.39 is 0 Å². The number of benzene rings is 1. The van der Waals surface area contributed by atoms with Crippen LogP contribution in [0.3, 0.4) is 0 Å². The fourth-order valence-electron chi connectivity index (χ4n) is 1.82. The average Bonchev–Trinajstić information content (AvgIpc) is 2.38. The highest BCUT2D eigenvalue weighted by Crippen LogP contribution is 2.26. The number of carbonyl (C=O) groups is 1. The van der Waals surface area contributed by atoms with E-state index in [1.54, 1.807) is 32.2 Å². The van der Waals surface area contributed by atoms with Crippen molar-refractivity contribution >= 4 is 27.6 Å². The molecular weight excluding hydrogens is 324 g/mol. The number of methoxy groups -OCH3 is 1. The molecule has 1 aromatic rings. The number of urea groups is 1. The molecule has 2 amide bonds. The molecule has 0 bridgehead atoms. The van der Waals surface area contributed by atoms with Crippen molar-refractivity contribution in [3.05, 3.63) is 22.7 Å². The van der Waals surface area contributed by atoms with Crippen molar-refractivity contribution in [3.63, 3.8) is 0 Å². The Labute approximate surface area is 127 Å². The minimum absolute atomic E-state index is 0.222. The van der Waals surface area contributed by atoms with E-state index in [-0.39, 0.29) is 18.1 Å². The molecule has 0 saturated carbocycles. The van der Waals surface area contributed by atoms with Gasteiger partial charge in [-0.25, -0.2) is 4.79 Å². The smallest absolute Gasteiger partial charge is 0.319 e. The van der Waals surface area contributed by atoms with E-state index >= 15 is 0 Å². The zero-order valence-electron chi connectivity index (χ0n) is 11.9. The first-order valence-electron chi connectivity index (χ1n) is 6.48. The van der Waals surface area contributed by atoms with E-state index in [9.17, 15) is 9.90 Å². The molecule has 0 saturated heterocycles. The first-order chi connectivity index (χ1) is 9.42. The molecule has 0 unspecified atom stereocenters. The number of nitrogens with one attached hydrogen (secondary N) is 2. The number of carbonyl (C=O) groups excluding carboxylic acids is 1. The Kier molecular flexibility index (Phi) is 6.81. The minimum Gasteiger partial charge on any atom is -0.497 e. The van der Waals surface area contributed by atoms with Crippen molar-refractivity contribution in [2.24, 2.45) is 5.92 Å². The highest BCUT2D eigenvalue weighted by atomic mass is 79.9. The van der Waals surface area contributed by atoms with E-state index in [1.807, 2.05) is 6.92 Å². The van der Waals surface area contributed by atoms with E-state index in [4.69, 9.17) is 4.74 Å². The van der Waals surface area contributed by atoms with E-state index in [1.165, 1.54) is 0 Å². The Balaban J connectivity index is 2.46.